The second kappa shape index (κ2) is 4.93. The Bertz CT molecular complexity index is 481. The molecule has 0 amide bonds. The van der Waals surface area contributed by atoms with Gasteiger partial charge in [-0.05, 0) is 18.4 Å². The molecule has 1 atom stereocenters. The minimum absolute atomic E-state index is 0.575. The molecule has 0 aliphatic carbocycles. The molecule has 86 valence electrons. The van der Waals surface area contributed by atoms with Gasteiger partial charge in [-0.3, -0.25) is 0 Å². The van der Waals surface area contributed by atoms with Gasteiger partial charge in [0.2, 0.25) is 0 Å². The Labute approximate surface area is 103 Å². The van der Waals surface area contributed by atoms with Crippen LogP contribution in [0.15, 0.2) is 17.6 Å². The smallest absolute Gasteiger partial charge is 0.106 e. The van der Waals surface area contributed by atoms with E-state index in [2.05, 4.69) is 29.5 Å². The highest BCUT2D eigenvalue weighted by Gasteiger charge is 2.07. The summed E-state index contributed by atoms with van der Waals surface area (Å²) < 4.78 is 1.14. The fourth-order valence-corrected chi connectivity index (χ4v) is 2.39. The molecule has 0 spiro atoms. The average Bonchev–Trinajstić information content (AvgIpc) is 2.76. The van der Waals surface area contributed by atoms with Gasteiger partial charge in [0, 0.05) is 11.8 Å². The predicted molar refractivity (Wildman–Crippen MR) is 75.5 cm³/mol. The van der Waals surface area contributed by atoms with Crippen molar-refractivity contribution in [2.24, 2.45) is 0 Å². The number of fused-ring (bicyclic) bond motifs is 1. The van der Waals surface area contributed by atoms with Crippen LogP contribution in [0.3, 0.4) is 0 Å². The standard InChI is InChI=1S/C11H15N3S2/c1-7(15-2)5-13-8-3-4-9-11(10(8)12)14-6-16-9/h3-4,6-7,13H,5,12H2,1-2H3. The van der Waals surface area contributed by atoms with Crippen LogP contribution >= 0.6 is 23.1 Å². The van der Waals surface area contributed by atoms with Crippen molar-refractivity contribution >= 4 is 44.7 Å². The second-order valence-corrected chi connectivity index (χ2v) is 5.82. The number of aromatic nitrogens is 1. The molecule has 16 heavy (non-hydrogen) atoms. The van der Waals surface area contributed by atoms with Gasteiger partial charge in [0.25, 0.3) is 0 Å². The monoisotopic (exact) mass is 253 g/mol. The molecule has 0 radical (unpaired) electrons. The van der Waals surface area contributed by atoms with E-state index in [1.165, 1.54) is 0 Å². The van der Waals surface area contributed by atoms with Crippen molar-refractivity contribution in [1.29, 1.82) is 0 Å². The highest BCUT2D eigenvalue weighted by Crippen LogP contribution is 2.30. The number of thiazole rings is 1. The first-order chi connectivity index (χ1) is 7.72. The van der Waals surface area contributed by atoms with Crippen LogP contribution in [0.5, 0.6) is 0 Å². The molecule has 1 unspecified atom stereocenters. The normalized spacial score (nSPS) is 12.9. The molecular formula is C11H15N3S2. The SMILES string of the molecule is CSC(C)CNc1ccc2scnc2c1N. The van der Waals surface area contributed by atoms with Crippen LogP contribution in [-0.2, 0) is 0 Å². The lowest BCUT2D eigenvalue weighted by atomic mass is 10.2. The predicted octanol–water partition coefficient (Wildman–Crippen LogP) is 3.04. The second-order valence-electron chi connectivity index (χ2n) is 3.65. The number of anilines is 2. The van der Waals surface area contributed by atoms with Crippen LogP contribution in [0.2, 0.25) is 0 Å². The highest BCUT2D eigenvalue weighted by atomic mass is 32.2. The number of rotatable bonds is 4. The molecule has 1 aromatic carbocycles. The van der Waals surface area contributed by atoms with Gasteiger partial charge in [-0.1, -0.05) is 6.92 Å². The molecule has 1 aromatic heterocycles. The van der Waals surface area contributed by atoms with Crippen LogP contribution in [-0.4, -0.2) is 23.0 Å². The van der Waals surface area contributed by atoms with E-state index in [9.17, 15) is 0 Å². The molecule has 0 saturated carbocycles. The van der Waals surface area contributed by atoms with E-state index >= 15 is 0 Å². The van der Waals surface area contributed by atoms with Gasteiger partial charge in [0.15, 0.2) is 0 Å². The van der Waals surface area contributed by atoms with Gasteiger partial charge in [0.1, 0.15) is 5.52 Å². The van der Waals surface area contributed by atoms with E-state index in [1.54, 1.807) is 11.3 Å². The summed E-state index contributed by atoms with van der Waals surface area (Å²) in [5.74, 6) is 0. The summed E-state index contributed by atoms with van der Waals surface area (Å²) in [5.41, 5.74) is 10.5. The highest BCUT2D eigenvalue weighted by molar-refractivity contribution is 7.99. The van der Waals surface area contributed by atoms with E-state index < -0.39 is 0 Å². The molecule has 3 nitrogen and oxygen atoms in total. The molecule has 0 bridgehead atoms. The third-order valence-corrected chi connectivity index (χ3v) is 4.29. The number of nitrogens with zero attached hydrogens (tertiary/aromatic N) is 1. The van der Waals surface area contributed by atoms with Crippen molar-refractivity contribution in [3.8, 4) is 0 Å². The summed E-state index contributed by atoms with van der Waals surface area (Å²) in [4.78, 5) is 4.27. The van der Waals surface area contributed by atoms with Crippen LogP contribution in [0.25, 0.3) is 10.2 Å². The first kappa shape index (κ1) is 11.5. The molecule has 1 heterocycles. The maximum atomic E-state index is 6.07. The quantitative estimate of drug-likeness (QED) is 0.822. The third-order valence-electron chi connectivity index (χ3n) is 2.52. The van der Waals surface area contributed by atoms with Crippen molar-refractivity contribution in [1.82, 2.24) is 4.98 Å². The molecule has 5 heteroatoms. The molecule has 0 fully saturated rings. The number of nitrogens with one attached hydrogen (secondary N) is 1. The largest absolute Gasteiger partial charge is 0.395 e. The zero-order chi connectivity index (χ0) is 11.5. The van der Waals surface area contributed by atoms with Crippen molar-refractivity contribution in [3.63, 3.8) is 0 Å². The molecule has 0 saturated heterocycles. The molecule has 2 rings (SSSR count). The lowest BCUT2D eigenvalue weighted by Crippen LogP contribution is -2.13. The third kappa shape index (κ3) is 2.25. The Hall–Kier alpha value is -0.940. The van der Waals surface area contributed by atoms with Gasteiger partial charge in [0.05, 0.1) is 21.6 Å². The first-order valence-corrected chi connectivity index (χ1v) is 7.27. The minimum Gasteiger partial charge on any atom is -0.395 e. The lowest BCUT2D eigenvalue weighted by Gasteiger charge is -2.13. The van der Waals surface area contributed by atoms with Gasteiger partial charge in [-0.25, -0.2) is 4.98 Å². The number of hydrogen-bond acceptors (Lipinski definition) is 5. The number of benzene rings is 1. The summed E-state index contributed by atoms with van der Waals surface area (Å²) in [6.45, 7) is 3.11. The van der Waals surface area contributed by atoms with Crippen molar-refractivity contribution in [3.05, 3.63) is 17.6 Å². The van der Waals surface area contributed by atoms with Crippen LogP contribution in [0, 0.1) is 0 Å². The Morgan fingerprint density at radius 1 is 1.56 bits per heavy atom. The number of nitrogens with two attached hydrogens (primary N) is 1. The lowest BCUT2D eigenvalue weighted by molar-refractivity contribution is 1.00. The average molecular weight is 253 g/mol. The summed E-state index contributed by atoms with van der Waals surface area (Å²) in [7, 11) is 0. The maximum absolute atomic E-state index is 6.07. The van der Waals surface area contributed by atoms with E-state index in [0.29, 0.717) is 5.25 Å². The summed E-state index contributed by atoms with van der Waals surface area (Å²) in [5, 5.41) is 3.94. The Kier molecular flexibility index (Phi) is 3.56. The van der Waals surface area contributed by atoms with Crippen molar-refractivity contribution < 1.29 is 0 Å². The van der Waals surface area contributed by atoms with Crippen molar-refractivity contribution in [2.45, 2.75) is 12.2 Å². The first-order valence-electron chi connectivity index (χ1n) is 5.10. The van der Waals surface area contributed by atoms with E-state index in [0.717, 1.165) is 28.1 Å². The summed E-state index contributed by atoms with van der Waals surface area (Å²) >= 11 is 3.45. The van der Waals surface area contributed by atoms with Crippen LogP contribution < -0.4 is 11.1 Å². The van der Waals surface area contributed by atoms with Crippen LogP contribution in [0.4, 0.5) is 11.4 Å². The summed E-state index contributed by atoms with van der Waals surface area (Å²) in [6, 6.07) is 4.10. The maximum Gasteiger partial charge on any atom is 0.106 e. The minimum atomic E-state index is 0.575. The molecule has 3 N–H and O–H groups in total. The zero-order valence-electron chi connectivity index (χ0n) is 9.36. The Morgan fingerprint density at radius 3 is 3.12 bits per heavy atom. The van der Waals surface area contributed by atoms with E-state index in [1.807, 2.05) is 23.3 Å². The van der Waals surface area contributed by atoms with Gasteiger partial charge in [-0.15, -0.1) is 11.3 Å². The Balaban J connectivity index is 2.21. The zero-order valence-corrected chi connectivity index (χ0v) is 11.0. The van der Waals surface area contributed by atoms with Crippen molar-refractivity contribution in [2.75, 3.05) is 23.9 Å². The van der Waals surface area contributed by atoms with E-state index in [-0.39, 0.29) is 0 Å². The fourth-order valence-electron chi connectivity index (χ4n) is 1.44. The van der Waals surface area contributed by atoms with Gasteiger partial charge < -0.3 is 11.1 Å². The molecule has 0 aliphatic heterocycles. The Morgan fingerprint density at radius 2 is 2.38 bits per heavy atom. The van der Waals surface area contributed by atoms with Gasteiger partial charge in [-0.2, -0.15) is 11.8 Å². The van der Waals surface area contributed by atoms with Crippen LogP contribution in [0.1, 0.15) is 6.92 Å². The van der Waals surface area contributed by atoms with Gasteiger partial charge >= 0.3 is 0 Å². The summed E-state index contributed by atoms with van der Waals surface area (Å²) in [6.07, 6.45) is 2.11. The topological polar surface area (TPSA) is 50.9 Å². The van der Waals surface area contributed by atoms with E-state index in [4.69, 9.17) is 5.73 Å². The number of thioether (sulfide) groups is 1. The number of hydrogen-bond donors (Lipinski definition) is 2. The molecular weight excluding hydrogens is 238 g/mol. The molecule has 0 aliphatic rings. The fraction of sp³-hybridized carbons (Fsp3) is 0.364. The number of nitrogen functional groups attached to an aromatic ring is 1. The molecule has 2 aromatic rings.